The molecule has 0 saturated carbocycles. The van der Waals surface area contributed by atoms with Crippen LogP contribution >= 0.6 is 11.8 Å². The van der Waals surface area contributed by atoms with Crippen molar-refractivity contribution in [3.8, 4) is 12.1 Å². The summed E-state index contributed by atoms with van der Waals surface area (Å²) in [6.07, 6.45) is 0. The maximum atomic E-state index is 13.6. The van der Waals surface area contributed by atoms with Gasteiger partial charge >= 0.3 is 0 Å². The van der Waals surface area contributed by atoms with Crippen molar-refractivity contribution in [1.29, 1.82) is 10.5 Å². The van der Waals surface area contributed by atoms with E-state index in [1.54, 1.807) is 0 Å². The van der Waals surface area contributed by atoms with Crippen LogP contribution in [-0.4, -0.2) is 11.2 Å². The third-order valence-corrected chi connectivity index (χ3v) is 4.31. The van der Waals surface area contributed by atoms with E-state index in [9.17, 15) is 13.6 Å². The second-order valence-electron chi connectivity index (χ2n) is 4.91. The zero-order valence-electron chi connectivity index (χ0n) is 12.9. The zero-order chi connectivity index (χ0) is 18.6. The number of nitrogens with zero attached hydrogens (tertiary/aromatic N) is 2. The molecule has 25 heavy (non-hydrogen) atoms. The number of nitrogen functional groups attached to an aromatic ring is 1. The van der Waals surface area contributed by atoms with E-state index in [1.165, 1.54) is 19.1 Å². The van der Waals surface area contributed by atoms with E-state index in [4.69, 9.17) is 16.3 Å². The van der Waals surface area contributed by atoms with Gasteiger partial charge in [0.1, 0.15) is 40.6 Å². The van der Waals surface area contributed by atoms with Crippen LogP contribution in [0.4, 0.5) is 20.3 Å². The minimum absolute atomic E-state index is 0.0526. The Morgan fingerprint density at radius 1 is 1.28 bits per heavy atom. The summed E-state index contributed by atoms with van der Waals surface area (Å²) in [6.45, 7) is 1.50. The second-order valence-corrected chi connectivity index (χ2v) is 6.26. The SMILES string of the molecule is C[C@@H](Sc1[nH+]c(N)c(C#N)cc1C#N)C(=O)Nc1c(F)cccc1F. The van der Waals surface area contributed by atoms with Gasteiger partial charge in [-0.3, -0.25) is 10.5 Å². The van der Waals surface area contributed by atoms with Crippen LogP contribution in [0, 0.1) is 34.3 Å². The smallest absolute Gasteiger partial charge is 0.289 e. The Balaban J connectivity index is 2.21. The number of thioether (sulfide) groups is 1. The highest BCUT2D eigenvalue weighted by Gasteiger charge is 2.23. The molecule has 2 aromatic rings. The summed E-state index contributed by atoms with van der Waals surface area (Å²) < 4.78 is 27.2. The Labute approximate surface area is 146 Å². The number of pyridine rings is 1. The first-order valence-corrected chi connectivity index (χ1v) is 7.82. The van der Waals surface area contributed by atoms with Crippen molar-refractivity contribution in [2.24, 2.45) is 0 Å². The van der Waals surface area contributed by atoms with E-state index in [0.717, 1.165) is 23.9 Å². The van der Waals surface area contributed by atoms with Gasteiger partial charge in [0.05, 0.1) is 5.25 Å². The van der Waals surface area contributed by atoms with Crippen molar-refractivity contribution in [2.45, 2.75) is 17.2 Å². The van der Waals surface area contributed by atoms with Crippen LogP contribution in [0.15, 0.2) is 29.3 Å². The molecule has 9 heteroatoms. The van der Waals surface area contributed by atoms with Crippen molar-refractivity contribution < 1.29 is 18.6 Å². The third kappa shape index (κ3) is 4.03. The summed E-state index contributed by atoms with van der Waals surface area (Å²) in [5.41, 5.74) is 5.37. The molecule has 0 aliphatic heterocycles. The fourth-order valence-corrected chi connectivity index (χ4v) is 2.81. The zero-order valence-corrected chi connectivity index (χ0v) is 13.7. The number of carbonyl (C=O) groups excluding carboxylic acids is 1. The number of benzene rings is 1. The predicted molar refractivity (Wildman–Crippen MR) is 87.1 cm³/mol. The topological polar surface area (TPSA) is 117 Å². The quantitative estimate of drug-likeness (QED) is 0.811. The highest BCUT2D eigenvalue weighted by molar-refractivity contribution is 8.00. The lowest BCUT2D eigenvalue weighted by molar-refractivity contribution is -0.410. The molecule has 1 aromatic heterocycles. The van der Waals surface area contributed by atoms with Crippen LogP contribution in [0.3, 0.4) is 0 Å². The van der Waals surface area contributed by atoms with Crippen LogP contribution in [0.5, 0.6) is 0 Å². The molecule has 0 spiro atoms. The molecule has 0 unspecified atom stereocenters. The van der Waals surface area contributed by atoms with Gasteiger partial charge in [-0.15, -0.1) is 0 Å². The molecule has 1 atom stereocenters. The summed E-state index contributed by atoms with van der Waals surface area (Å²) in [5, 5.41) is 19.7. The molecule has 1 aromatic carbocycles. The highest BCUT2D eigenvalue weighted by atomic mass is 32.2. The number of carbonyl (C=O) groups is 1. The predicted octanol–water partition coefficient (Wildman–Crippen LogP) is 2.22. The normalized spacial score (nSPS) is 11.2. The van der Waals surface area contributed by atoms with Gasteiger partial charge in [-0.25, -0.2) is 13.8 Å². The number of anilines is 2. The first-order valence-electron chi connectivity index (χ1n) is 6.95. The molecule has 6 nitrogen and oxygen atoms in total. The minimum Gasteiger partial charge on any atom is -0.320 e. The number of hydrogen-bond donors (Lipinski definition) is 2. The average molecular weight is 360 g/mol. The molecule has 1 heterocycles. The van der Waals surface area contributed by atoms with E-state index < -0.39 is 28.5 Å². The number of amides is 1. The van der Waals surface area contributed by atoms with Gasteiger partial charge in [0.15, 0.2) is 5.03 Å². The molecule has 0 bridgehead atoms. The maximum absolute atomic E-state index is 13.6. The van der Waals surface area contributed by atoms with Crippen molar-refractivity contribution in [3.63, 3.8) is 0 Å². The summed E-state index contributed by atoms with van der Waals surface area (Å²) in [4.78, 5) is 14.9. The van der Waals surface area contributed by atoms with Crippen molar-refractivity contribution in [3.05, 3.63) is 47.0 Å². The molecule has 1 amide bonds. The number of nitrogens with two attached hydrogens (primary N) is 1. The fourth-order valence-electron chi connectivity index (χ4n) is 1.89. The van der Waals surface area contributed by atoms with E-state index >= 15 is 0 Å². The molecule has 0 aliphatic rings. The Morgan fingerprint density at radius 2 is 1.88 bits per heavy atom. The second kappa shape index (κ2) is 7.60. The average Bonchev–Trinajstić information content (AvgIpc) is 2.58. The van der Waals surface area contributed by atoms with Crippen LogP contribution in [-0.2, 0) is 4.79 Å². The number of aromatic amines is 1. The van der Waals surface area contributed by atoms with Gasteiger partial charge in [0.2, 0.25) is 5.91 Å². The molecule has 0 saturated heterocycles. The molecular weight excluding hydrogens is 348 g/mol. The Kier molecular flexibility index (Phi) is 5.52. The lowest BCUT2D eigenvalue weighted by Crippen LogP contribution is -2.26. The monoisotopic (exact) mass is 360 g/mol. The van der Waals surface area contributed by atoms with E-state index in [2.05, 4.69) is 10.3 Å². The molecule has 0 fully saturated rings. The minimum atomic E-state index is -0.891. The number of H-pyrrole nitrogens is 1. The lowest BCUT2D eigenvalue weighted by atomic mass is 10.2. The van der Waals surface area contributed by atoms with Crippen LogP contribution < -0.4 is 16.0 Å². The molecule has 0 radical (unpaired) electrons. The first-order chi connectivity index (χ1) is 11.9. The van der Waals surface area contributed by atoms with Crippen LogP contribution in [0.1, 0.15) is 18.1 Å². The molecule has 0 aliphatic carbocycles. The standard InChI is InChI=1S/C16H11F2N5OS/c1-8(15(24)22-13-11(17)3-2-4-12(13)18)25-16-10(7-20)5-9(6-19)14(21)23-16/h2-5,8H,1H3,(H2,21,23)(H,22,24)/p+1/t8-/m1/s1. The summed E-state index contributed by atoms with van der Waals surface area (Å²) >= 11 is 0.943. The van der Waals surface area contributed by atoms with Gasteiger partial charge in [-0.05, 0) is 25.1 Å². The Bertz CT molecular complexity index is 900. The number of aromatic nitrogens is 1. The number of para-hydroxylation sites is 1. The fraction of sp³-hybridized carbons (Fsp3) is 0.125. The first kappa shape index (κ1) is 18.2. The Hall–Kier alpha value is -3.17. The molecule has 2 rings (SSSR count). The van der Waals surface area contributed by atoms with Gasteiger partial charge in [0.25, 0.3) is 5.82 Å². The van der Waals surface area contributed by atoms with E-state index in [1.807, 2.05) is 12.1 Å². The van der Waals surface area contributed by atoms with Crippen LogP contribution in [0.2, 0.25) is 0 Å². The van der Waals surface area contributed by atoms with Crippen molar-refractivity contribution in [2.75, 3.05) is 11.1 Å². The van der Waals surface area contributed by atoms with Gasteiger partial charge in [-0.1, -0.05) is 17.8 Å². The van der Waals surface area contributed by atoms with Gasteiger partial charge in [0, 0.05) is 0 Å². The molecule has 126 valence electrons. The number of nitrogens with one attached hydrogen (secondary N) is 2. The van der Waals surface area contributed by atoms with Crippen LogP contribution in [0.25, 0.3) is 0 Å². The summed E-state index contributed by atoms with van der Waals surface area (Å²) in [6, 6.07) is 8.28. The van der Waals surface area contributed by atoms with E-state index in [0.29, 0.717) is 0 Å². The Morgan fingerprint density at radius 3 is 2.44 bits per heavy atom. The number of nitriles is 2. The number of hydrogen-bond acceptors (Lipinski definition) is 5. The van der Waals surface area contributed by atoms with Gasteiger partial charge < -0.3 is 5.32 Å². The largest absolute Gasteiger partial charge is 0.320 e. The molecule has 4 N–H and O–H groups in total. The maximum Gasteiger partial charge on any atom is 0.289 e. The third-order valence-electron chi connectivity index (χ3n) is 3.19. The van der Waals surface area contributed by atoms with Gasteiger partial charge in [-0.2, -0.15) is 10.5 Å². The lowest BCUT2D eigenvalue weighted by Gasteiger charge is -2.12. The highest BCUT2D eigenvalue weighted by Crippen LogP contribution is 2.26. The molecular formula is C16H12F2N5OS+. The van der Waals surface area contributed by atoms with Crippen molar-refractivity contribution in [1.82, 2.24) is 0 Å². The van der Waals surface area contributed by atoms with E-state index in [-0.39, 0.29) is 22.0 Å². The summed E-state index contributed by atoms with van der Waals surface area (Å²) in [7, 11) is 0. The number of rotatable bonds is 4. The summed E-state index contributed by atoms with van der Waals surface area (Å²) in [5.74, 6) is -2.39. The number of halogens is 2. The van der Waals surface area contributed by atoms with Crippen molar-refractivity contribution >= 4 is 29.2 Å².